The Hall–Kier alpha value is -1.99. The van der Waals surface area contributed by atoms with Crippen LogP contribution in [0.25, 0.3) is 11.1 Å². The zero-order valence-corrected chi connectivity index (χ0v) is 13.2. The monoisotopic (exact) mass is 315 g/mol. The number of para-hydroxylation sites is 2. The molecule has 0 radical (unpaired) electrons. The molecule has 1 aliphatic heterocycles. The molecule has 6 nitrogen and oxygen atoms in total. The number of benzene rings is 1. The molecule has 1 fully saturated rings. The van der Waals surface area contributed by atoms with Gasteiger partial charge < -0.3 is 9.32 Å². The summed E-state index contributed by atoms with van der Waals surface area (Å²) in [5.41, 5.74) is 1.77. The van der Waals surface area contributed by atoms with Crippen LogP contribution in [0.1, 0.15) is 10.0 Å². The summed E-state index contributed by atoms with van der Waals surface area (Å²) in [7, 11) is 0. The second kappa shape index (κ2) is 5.66. The molecule has 0 saturated carbocycles. The lowest BCUT2D eigenvalue weighted by atomic mass is 10.3. The zero-order chi connectivity index (χ0) is 14.9. The van der Waals surface area contributed by atoms with Crippen LogP contribution in [0.3, 0.4) is 0 Å². The lowest BCUT2D eigenvalue weighted by Crippen LogP contribution is -2.46. The Morgan fingerprint density at radius 3 is 2.68 bits per heavy atom. The van der Waals surface area contributed by atoms with Crippen molar-refractivity contribution in [2.45, 2.75) is 13.5 Å². The summed E-state index contributed by atoms with van der Waals surface area (Å²) in [6.45, 7) is 6.68. The van der Waals surface area contributed by atoms with Crippen molar-refractivity contribution >= 4 is 28.5 Å². The first kappa shape index (κ1) is 13.7. The van der Waals surface area contributed by atoms with Crippen molar-refractivity contribution in [3.63, 3.8) is 0 Å². The van der Waals surface area contributed by atoms with Gasteiger partial charge in [0.1, 0.15) is 15.5 Å². The number of aryl methyl sites for hydroxylation is 1. The largest absolute Gasteiger partial charge is 0.423 e. The molecule has 1 aliphatic rings. The summed E-state index contributed by atoms with van der Waals surface area (Å²) >= 11 is 1.67. The third-order valence-electron chi connectivity index (χ3n) is 3.85. The molecule has 0 atom stereocenters. The first-order chi connectivity index (χ1) is 10.8. The number of piperazine rings is 1. The summed E-state index contributed by atoms with van der Waals surface area (Å²) in [5, 5.41) is 10.4. The van der Waals surface area contributed by atoms with Crippen LogP contribution in [0.2, 0.25) is 0 Å². The molecule has 1 saturated heterocycles. The van der Waals surface area contributed by atoms with E-state index in [1.54, 1.807) is 11.3 Å². The van der Waals surface area contributed by atoms with Gasteiger partial charge in [0, 0.05) is 26.2 Å². The summed E-state index contributed by atoms with van der Waals surface area (Å²) in [6.07, 6.45) is 0. The Morgan fingerprint density at radius 2 is 1.95 bits per heavy atom. The van der Waals surface area contributed by atoms with Crippen LogP contribution in [0.4, 0.5) is 6.01 Å². The van der Waals surface area contributed by atoms with E-state index in [0.29, 0.717) is 0 Å². The van der Waals surface area contributed by atoms with Gasteiger partial charge in [-0.15, -0.1) is 21.5 Å². The lowest BCUT2D eigenvalue weighted by molar-refractivity contribution is 0.245. The smallest absolute Gasteiger partial charge is 0.298 e. The fourth-order valence-corrected chi connectivity index (χ4v) is 3.44. The third-order valence-corrected chi connectivity index (χ3v) is 4.68. The highest BCUT2D eigenvalue weighted by atomic mass is 32.1. The van der Waals surface area contributed by atoms with E-state index in [9.17, 15) is 0 Å². The van der Waals surface area contributed by atoms with Gasteiger partial charge in [-0.25, -0.2) is 0 Å². The minimum atomic E-state index is 0.729. The maximum atomic E-state index is 5.84. The molecule has 1 aromatic carbocycles. The highest BCUT2D eigenvalue weighted by Crippen LogP contribution is 2.23. The molecule has 3 heterocycles. The number of aromatic nitrogens is 3. The molecule has 0 unspecified atom stereocenters. The van der Waals surface area contributed by atoms with Crippen LogP contribution in [-0.2, 0) is 6.54 Å². The van der Waals surface area contributed by atoms with Gasteiger partial charge in [-0.1, -0.05) is 12.1 Å². The van der Waals surface area contributed by atoms with E-state index in [2.05, 4.69) is 25.0 Å². The second-order valence-corrected chi connectivity index (χ2v) is 6.71. The van der Waals surface area contributed by atoms with Gasteiger partial charge in [0.05, 0.1) is 6.54 Å². The molecule has 0 N–H and O–H groups in total. The molecule has 22 heavy (non-hydrogen) atoms. The topological polar surface area (TPSA) is 58.3 Å². The minimum Gasteiger partial charge on any atom is -0.423 e. The highest BCUT2D eigenvalue weighted by Gasteiger charge is 2.21. The number of fused-ring (bicyclic) bond motifs is 1. The molecule has 2 aromatic heterocycles. The van der Waals surface area contributed by atoms with E-state index in [-0.39, 0.29) is 0 Å². The van der Waals surface area contributed by atoms with Crippen LogP contribution in [0, 0.1) is 6.92 Å². The molecule has 7 heteroatoms. The van der Waals surface area contributed by atoms with Crippen LogP contribution in [0.5, 0.6) is 0 Å². The van der Waals surface area contributed by atoms with Gasteiger partial charge in [-0.3, -0.25) is 4.90 Å². The number of oxazole rings is 1. The highest BCUT2D eigenvalue weighted by molar-refractivity contribution is 7.11. The SMILES string of the molecule is Cc1nnc(CN2CCN(c3nc4ccccc4o3)CC2)s1. The average molecular weight is 315 g/mol. The van der Waals surface area contributed by atoms with Crippen molar-refractivity contribution in [2.75, 3.05) is 31.1 Å². The van der Waals surface area contributed by atoms with E-state index in [1.807, 2.05) is 31.2 Å². The van der Waals surface area contributed by atoms with Crippen molar-refractivity contribution in [3.05, 3.63) is 34.3 Å². The number of hydrogen-bond acceptors (Lipinski definition) is 7. The van der Waals surface area contributed by atoms with Crippen LogP contribution >= 0.6 is 11.3 Å². The van der Waals surface area contributed by atoms with E-state index >= 15 is 0 Å². The molecule has 0 aliphatic carbocycles. The standard InChI is InChI=1S/C15H17N5OS/c1-11-17-18-14(22-11)10-19-6-8-20(9-7-19)15-16-12-4-2-3-5-13(12)21-15/h2-5H,6-10H2,1H3. The number of nitrogens with zero attached hydrogens (tertiary/aromatic N) is 5. The minimum absolute atomic E-state index is 0.729. The summed E-state index contributed by atoms with van der Waals surface area (Å²) in [6, 6.07) is 8.62. The van der Waals surface area contributed by atoms with Crippen LogP contribution in [0.15, 0.2) is 28.7 Å². The fourth-order valence-electron chi connectivity index (χ4n) is 2.69. The molecule has 0 amide bonds. The fraction of sp³-hybridized carbons (Fsp3) is 0.400. The average Bonchev–Trinajstić information content (AvgIpc) is 3.14. The normalized spacial score (nSPS) is 16.5. The van der Waals surface area contributed by atoms with E-state index in [0.717, 1.165) is 59.9 Å². The van der Waals surface area contributed by atoms with Gasteiger partial charge in [-0.2, -0.15) is 4.98 Å². The maximum absolute atomic E-state index is 5.84. The van der Waals surface area contributed by atoms with E-state index < -0.39 is 0 Å². The molecular formula is C15H17N5OS. The van der Waals surface area contributed by atoms with Gasteiger partial charge >= 0.3 is 0 Å². The van der Waals surface area contributed by atoms with Gasteiger partial charge in [0.2, 0.25) is 0 Å². The Kier molecular flexibility index (Phi) is 3.51. The molecule has 0 spiro atoms. The number of rotatable bonds is 3. The predicted molar refractivity (Wildman–Crippen MR) is 86.1 cm³/mol. The Morgan fingerprint density at radius 1 is 1.14 bits per heavy atom. The Labute approximate surface area is 132 Å². The second-order valence-electron chi connectivity index (χ2n) is 5.44. The molecule has 4 rings (SSSR count). The Balaban J connectivity index is 1.40. The van der Waals surface area contributed by atoms with E-state index in [1.165, 1.54) is 0 Å². The Bertz CT molecular complexity index is 742. The third kappa shape index (κ3) is 2.69. The maximum Gasteiger partial charge on any atom is 0.298 e. The van der Waals surface area contributed by atoms with Crippen molar-refractivity contribution in [3.8, 4) is 0 Å². The summed E-state index contributed by atoms with van der Waals surface area (Å²) in [5.74, 6) is 0. The zero-order valence-electron chi connectivity index (χ0n) is 12.4. The molecular weight excluding hydrogens is 298 g/mol. The van der Waals surface area contributed by atoms with Crippen molar-refractivity contribution in [1.29, 1.82) is 0 Å². The van der Waals surface area contributed by atoms with E-state index in [4.69, 9.17) is 4.42 Å². The first-order valence-electron chi connectivity index (χ1n) is 7.40. The number of anilines is 1. The molecule has 3 aromatic rings. The summed E-state index contributed by atoms with van der Waals surface area (Å²) < 4.78 is 5.84. The molecule has 0 bridgehead atoms. The lowest BCUT2D eigenvalue weighted by Gasteiger charge is -2.33. The summed E-state index contributed by atoms with van der Waals surface area (Å²) in [4.78, 5) is 9.18. The van der Waals surface area contributed by atoms with Crippen molar-refractivity contribution in [1.82, 2.24) is 20.1 Å². The van der Waals surface area contributed by atoms with Gasteiger partial charge in [0.15, 0.2) is 5.58 Å². The van der Waals surface area contributed by atoms with Crippen molar-refractivity contribution in [2.24, 2.45) is 0 Å². The van der Waals surface area contributed by atoms with Crippen LogP contribution in [-0.4, -0.2) is 46.3 Å². The van der Waals surface area contributed by atoms with Crippen LogP contribution < -0.4 is 4.90 Å². The predicted octanol–water partition coefficient (Wildman–Crippen LogP) is 2.31. The van der Waals surface area contributed by atoms with Gasteiger partial charge in [-0.05, 0) is 19.1 Å². The first-order valence-corrected chi connectivity index (χ1v) is 8.21. The molecule has 114 valence electrons. The van der Waals surface area contributed by atoms with Crippen molar-refractivity contribution < 1.29 is 4.42 Å². The number of hydrogen-bond donors (Lipinski definition) is 0. The quantitative estimate of drug-likeness (QED) is 0.739. The van der Waals surface area contributed by atoms with Gasteiger partial charge in [0.25, 0.3) is 6.01 Å².